The molecule has 3 aromatic carbocycles. The molecular weight excluding hydrogens is 408 g/mol. The normalized spacial score (nSPS) is 11.5. The van der Waals surface area contributed by atoms with E-state index in [2.05, 4.69) is 6.58 Å². The fourth-order valence-electron chi connectivity index (χ4n) is 3.56. The number of phenolic OH excluding ortho intramolecular Hbond substituents is 2. The van der Waals surface area contributed by atoms with Gasteiger partial charge in [-0.05, 0) is 35.4 Å². The number of hydrogen-bond acceptors (Lipinski definition) is 6. The Hall–Kier alpha value is -4.06. The number of ether oxygens (including phenoxy) is 2. The Balaban J connectivity index is 2.19. The van der Waals surface area contributed by atoms with E-state index < -0.39 is 11.7 Å². The van der Waals surface area contributed by atoms with Crippen molar-refractivity contribution in [3.05, 3.63) is 83.9 Å². The first-order chi connectivity index (χ1) is 15.3. The van der Waals surface area contributed by atoms with Crippen molar-refractivity contribution in [3.8, 4) is 34.1 Å². The van der Waals surface area contributed by atoms with Crippen molar-refractivity contribution in [2.75, 3.05) is 14.2 Å². The van der Waals surface area contributed by atoms with Crippen molar-refractivity contribution in [3.63, 3.8) is 0 Å². The van der Waals surface area contributed by atoms with Gasteiger partial charge in [-0.1, -0.05) is 37.8 Å². The molecule has 6 heteroatoms. The summed E-state index contributed by atoms with van der Waals surface area (Å²) in [5.41, 5.74) is 1.94. The molecule has 0 saturated carbocycles. The number of carbonyl (C=O) groups is 2. The lowest BCUT2D eigenvalue weighted by molar-refractivity contribution is -0.115. The van der Waals surface area contributed by atoms with Gasteiger partial charge < -0.3 is 19.7 Å². The maximum absolute atomic E-state index is 13.2. The lowest BCUT2D eigenvalue weighted by Crippen LogP contribution is -2.08. The molecule has 0 bridgehead atoms. The molecule has 2 N–H and O–H groups in total. The molecule has 3 aromatic rings. The summed E-state index contributed by atoms with van der Waals surface area (Å²) in [5.74, 6) is -1.01. The molecule has 0 spiro atoms. The highest BCUT2D eigenvalue weighted by molar-refractivity contribution is 6.13. The van der Waals surface area contributed by atoms with Crippen LogP contribution < -0.4 is 9.47 Å². The van der Waals surface area contributed by atoms with E-state index in [1.54, 1.807) is 13.0 Å². The lowest BCUT2D eigenvalue weighted by atomic mass is 9.87. The monoisotopic (exact) mass is 432 g/mol. The van der Waals surface area contributed by atoms with E-state index in [-0.39, 0.29) is 28.4 Å². The largest absolute Gasteiger partial charge is 0.507 e. The Labute approximate surface area is 186 Å². The number of rotatable bonds is 8. The second kappa shape index (κ2) is 9.39. The van der Waals surface area contributed by atoms with Gasteiger partial charge in [0.05, 0.1) is 25.3 Å². The van der Waals surface area contributed by atoms with Crippen molar-refractivity contribution in [1.82, 2.24) is 0 Å². The molecule has 164 valence electrons. The van der Waals surface area contributed by atoms with Crippen molar-refractivity contribution in [2.45, 2.75) is 12.8 Å². The van der Waals surface area contributed by atoms with Gasteiger partial charge in [0.15, 0.2) is 11.6 Å². The second-order valence-corrected chi connectivity index (χ2v) is 7.20. The van der Waals surface area contributed by atoms with Crippen molar-refractivity contribution in [2.24, 2.45) is 0 Å². The summed E-state index contributed by atoms with van der Waals surface area (Å²) in [4.78, 5) is 25.4. The molecule has 0 aliphatic carbocycles. The van der Waals surface area contributed by atoms with E-state index in [1.165, 1.54) is 44.6 Å². The van der Waals surface area contributed by atoms with Crippen LogP contribution in [0, 0.1) is 0 Å². The van der Waals surface area contributed by atoms with Crippen molar-refractivity contribution < 1.29 is 29.3 Å². The van der Waals surface area contributed by atoms with Gasteiger partial charge in [-0.25, -0.2) is 0 Å². The first-order valence-corrected chi connectivity index (χ1v) is 9.90. The third-order valence-corrected chi connectivity index (χ3v) is 5.36. The average molecular weight is 432 g/mol. The Kier molecular flexibility index (Phi) is 6.64. The van der Waals surface area contributed by atoms with Crippen LogP contribution in [0.25, 0.3) is 11.1 Å². The predicted molar refractivity (Wildman–Crippen MR) is 122 cm³/mol. The maximum Gasteiger partial charge on any atom is 0.200 e. The molecule has 0 aromatic heterocycles. The van der Waals surface area contributed by atoms with Crippen molar-refractivity contribution >= 4 is 11.6 Å². The molecule has 0 fully saturated rings. The van der Waals surface area contributed by atoms with Gasteiger partial charge in [0.1, 0.15) is 23.0 Å². The quantitative estimate of drug-likeness (QED) is 0.390. The summed E-state index contributed by atoms with van der Waals surface area (Å²) in [6.07, 6.45) is 1.27. The van der Waals surface area contributed by atoms with Gasteiger partial charge in [-0.15, -0.1) is 0 Å². The van der Waals surface area contributed by atoms with Crippen LogP contribution >= 0.6 is 0 Å². The first-order valence-electron chi connectivity index (χ1n) is 9.90. The molecule has 32 heavy (non-hydrogen) atoms. The SMILES string of the molecule is C=CC(=O)C(C)c1ccccc1-c1cc(C(=O)c2ccc(OC)cc2O)c(O)cc1OC. The number of methoxy groups -OCH3 is 2. The van der Waals surface area contributed by atoms with Gasteiger partial charge in [-0.2, -0.15) is 0 Å². The van der Waals surface area contributed by atoms with E-state index in [0.717, 1.165) is 5.56 Å². The molecule has 0 radical (unpaired) electrons. The fraction of sp³-hybridized carbons (Fsp3) is 0.154. The molecule has 1 atom stereocenters. The summed E-state index contributed by atoms with van der Waals surface area (Å²) in [5, 5.41) is 20.8. The molecule has 0 amide bonds. The minimum atomic E-state index is -0.570. The van der Waals surface area contributed by atoms with Crippen LogP contribution in [-0.2, 0) is 4.79 Å². The average Bonchev–Trinajstić information content (AvgIpc) is 2.82. The first kappa shape index (κ1) is 22.6. The van der Waals surface area contributed by atoms with Crippen LogP contribution in [0.1, 0.15) is 34.3 Å². The maximum atomic E-state index is 13.2. The van der Waals surface area contributed by atoms with Gasteiger partial charge in [-0.3, -0.25) is 9.59 Å². The molecule has 0 heterocycles. The van der Waals surface area contributed by atoms with E-state index >= 15 is 0 Å². The van der Waals surface area contributed by atoms with Gasteiger partial charge in [0, 0.05) is 23.6 Å². The summed E-state index contributed by atoms with van der Waals surface area (Å²) >= 11 is 0. The molecule has 3 rings (SSSR count). The molecule has 0 aliphatic rings. The molecular formula is C26H24O6. The number of aromatic hydroxyl groups is 2. The minimum absolute atomic E-state index is 0.0145. The third-order valence-electron chi connectivity index (χ3n) is 5.36. The Morgan fingerprint density at radius 1 is 0.906 bits per heavy atom. The van der Waals surface area contributed by atoms with Crippen LogP contribution in [0.2, 0.25) is 0 Å². The predicted octanol–water partition coefficient (Wildman–Crippen LogP) is 4.87. The van der Waals surface area contributed by atoms with Gasteiger partial charge in [0.25, 0.3) is 0 Å². The van der Waals surface area contributed by atoms with E-state index in [9.17, 15) is 19.8 Å². The smallest absolute Gasteiger partial charge is 0.200 e. The molecule has 1 unspecified atom stereocenters. The molecule has 6 nitrogen and oxygen atoms in total. The van der Waals surface area contributed by atoms with Crippen LogP contribution in [0.4, 0.5) is 0 Å². The Morgan fingerprint density at radius 3 is 2.22 bits per heavy atom. The summed E-state index contributed by atoms with van der Waals surface area (Å²) in [7, 11) is 2.91. The highest BCUT2D eigenvalue weighted by Crippen LogP contribution is 2.40. The van der Waals surface area contributed by atoms with Gasteiger partial charge >= 0.3 is 0 Å². The number of carbonyl (C=O) groups excluding carboxylic acids is 2. The number of allylic oxidation sites excluding steroid dienone is 1. The minimum Gasteiger partial charge on any atom is -0.507 e. The number of benzene rings is 3. The zero-order chi connectivity index (χ0) is 23.4. The highest BCUT2D eigenvalue weighted by Gasteiger charge is 2.23. The molecule has 0 saturated heterocycles. The lowest BCUT2D eigenvalue weighted by Gasteiger charge is -2.18. The third kappa shape index (κ3) is 4.21. The second-order valence-electron chi connectivity index (χ2n) is 7.20. The standard InChI is InChI=1S/C26H24O6/c1-5-22(27)15(2)17-8-6-7-9-18(17)20-13-21(24(29)14-25(20)32-4)26(30)19-11-10-16(31-3)12-23(19)28/h5-15,28-29H,1H2,2-4H3. The number of phenols is 2. The van der Waals surface area contributed by atoms with E-state index in [0.29, 0.717) is 22.6 Å². The number of ketones is 2. The fourth-order valence-corrected chi connectivity index (χ4v) is 3.56. The Morgan fingerprint density at radius 2 is 1.59 bits per heavy atom. The van der Waals surface area contributed by atoms with Crippen LogP contribution in [-0.4, -0.2) is 36.0 Å². The van der Waals surface area contributed by atoms with Crippen LogP contribution in [0.15, 0.2) is 67.3 Å². The van der Waals surface area contributed by atoms with Gasteiger partial charge in [0.2, 0.25) is 0 Å². The zero-order valence-electron chi connectivity index (χ0n) is 18.1. The molecule has 0 aliphatic heterocycles. The summed E-state index contributed by atoms with van der Waals surface area (Å²) in [6.45, 7) is 5.34. The van der Waals surface area contributed by atoms with E-state index in [1.807, 2.05) is 24.3 Å². The zero-order valence-corrected chi connectivity index (χ0v) is 18.1. The Bertz CT molecular complexity index is 1190. The summed E-state index contributed by atoms with van der Waals surface area (Å²) in [6, 6.07) is 14.4. The topological polar surface area (TPSA) is 93.1 Å². The highest BCUT2D eigenvalue weighted by atomic mass is 16.5. The van der Waals surface area contributed by atoms with Crippen LogP contribution in [0.3, 0.4) is 0 Å². The summed E-state index contributed by atoms with van der Waals surface area (Å²) < 4.78 is 10.5. The van der Waals surface area contributed by atoms with Crippen molar-refractivity contribution in [1.29, 1.82) is 0 Å². The number of hydrogen-bond donors (Lipinski definition) is 2. The van der Waals surface area contributed by atoms with E-state index in [4.69, 9.17) is 9.47 Å². The van der Waals surface area contributed by atoms with Crippen LogP contribution in [0.5, 0.6) is 23.0 Å².